The molecule has 2 aromatic heterocycles. The number of hydrogen-bond donors (Lipinski definition) is 1. The predicted octanol–water partition coefficient (Wildman–Crippen LogP) is 3.64. The summed E-state index contributed by atoms with van der Waals surface area (Å²) in [7, 11) is 3.18. The summed E-state index contributed by atoms with van der Waals surface area (Å²) in [6.07, 6.45) is 0.956. The molecule has 1 aliphatic rings. The Hall–Kier alpha value is -3.87. The van der Waals surface area contributed by atoms with Gasteiger partial charge >= 0.3 is 0 Å². The summed E-state index contributed by atoms with van der Waals surface area (Å²) in [6, 6.07) is 16.7. The predicted molar refractivity (Wildman–Crippen MR) is 117 cm³/mol. The minimum absolute atomic E-state index is 0.0118. The van der Waals surface area contributed by atoms with E-state index in [1.165, 1.54) is 4.68 Å². The van der Waals surface area contributed by atoms with Gasteiger partial charge in [-0.3, -0.25) is 14.7 Å². The third-order valence-corrected chi connectivity index (χ3v) is 5.82. The number of aromatic amines is 1. The molecule has 1 unspecified atom stereocenters. The molecule has 0 saturated heterocycles. The van der Waals surface area contributed by atoms with E-state index in [0.717, 1.165) is 11.3 Å². The Bertz CT molecular complexity index is 1350. The molecular formula is C24H21N3O4. The topological polar surface area (TPSA) is 86.2 Å². The van der Waals surface area contributed by atoms with Gasteiger partial charge in [0.1, 0.15) is 0 Å². The first-order valence-corrected chi connectivity index (χ1v) is 10.0. The standard InChI is InChI=1S/C24H21N3O4/c1-30-21-9-8-14(12-22(21)31-2)15-10-19-17(20(28)11-15)13-18-23(25-19)26-27(24(18)29)16-6-4-3-5-7-16/h3-9,12-13,15H,10-11H2,1-2H3,(H,25,26). The lowest BCUT2D eigenvalue weighted by molar-refractivity contribution is 0.0963. The summed E-state index contributed by atoms with van der Waals surface area (Å²) in [5.41, 5.74) is 3.21. The maximum atomic E-state index is 13.0. The van der Waals surface area contributed by atoms with E-state index >= 15 is 0 Å². The molecule has 7 heteroatoms. The van der Waals surface area contributed by atoms with E-state index in [1.807, 2.05) is 48.5 Å². The highest BCUT2D eigenvalue weighted by atomic mass is 16.5. The van der Waals surface area contributed by atoms with Gasteiger partial charge in [0.05, 0.1) is 31.0 Å². The van der Waals surface area contributed by atoms with Crippen molar-refractivity contribution in [2.24, 2.45) is 0 Å². The quantitative estimate of drug-likeness (QED) is 0.550. The fourth-order valence-corrected chi connectivity index (χ4v) is 4.21. The zero-order valence-corrected chi connectivity index (χ0v) is 17.2. The minimum atomic E-state index is -0.216. The van der Waals surface area contributed by atoms with Crippen LogP contribution in [0.15, 0.2) is 59.4 Å². The number of rotatable bonds is 4. The Kier molecular flexibility index (Phi) is 4.58. The molecule has 0 bridgehead atoms. The van der Waals surface area contributed by atoms with Crippen molar-refractivity contribution in [3.05, 3.63) is 81.8 Å². The molecule has 0 saturated carbocycles. The number of aromatic nitrogens is 3. The number of nitrogens with one attached hydrogen (secondary N) is 1. The highest BCUT2D eigenvalue weighted by Crippen LogP contribution is 2.37. The zero-order valence-electron chi connectivity index (χ0n) is 17.2. The monoisotopic (exact) mass is 415 g/mol. The van der Waals surface area contributed by atoms with E-state index in [-0.39, 0.29) is 17.3 Å². The van der Waals surface area contributed by atoms with Crippen molar-refractivity contribution >= 4 is 16.8 Å². The zero-order chi connectivity index (χ0) is 21.5. The summed E-state index contributed by atoms with van der Waals surface area (Å²) in [5.74, 6) is 1.24. The number of fused-ring (bicyclic) bond motifs is 2. The fourth-order valence-electron chi connectivity index (χ4n) is 4.21. The van der Waals surface area contributed by atoms with Crippen LogP contribution >= 0.6 is 0 Å². The van der Waals surface area contributed by atoms with Gasteiger partial charge in [-0.1, -0.05) is 24.3 Å². The van der Waals surface area contributed by atoms with Crippen LogP contribution < -0.4 is 15.0 Å². The van der Waals surface area contributed by atoms with Crippen molar-refractivity contribution in [3.8, 4) is 17.2 Å². The number of carbonyl (C=O) groups excluding carboxylic acids is 1. The first kappa shape index (κ1) is 19.1. The maximum Gasteiger partial charge on any atom is 0.280 e. The molecule has 0 fully saturated rings. The van der Waals surface area contributed by atoms with Crippen LogP contribution in [0.3, 0.4) is 0 Å². The molecular weight excluding hydrogens is 394 g/mol. The Morgan fingerprint density at radius 2 is 1.74 bits per heavy atom. The molecule has 0 aliphatic heterocycles. The Morgan fingerprint density at radius 1 is 0.968 bits per heavy atom. The van der Waals surface area contributed by atoms with Crippen LogP contribution in [0.2, 0.25) is 0 Å². The molecule has 31 heavy (non-hydrogen) atoms. The average Bonchev–Trinajstić information content (AvgIpc) is 3.13. The summed E-state index contributed by atoms with van der Waals surface area (Å²) in [6.45, 7) is 0. The SMILES string of the molecule is COc1ccc(C2CC(=O)c3cc4c(=O)n(-c5ccccc5)[nH]c4nc3C2)cc1OC. The number of para-hydroxylation sites is 1. The second kappa shape index (κ2) is 7.43. The van der Waals surface area contributed by atoms with Gasteiger partial charge in [-0.25, -0.2) is 9.67 Å². The summed E-state index contributed by atoms with van der Waals surface area (Å²) in [5, 5.41) is 3.50. The molecule has 0 amide bonds. The largest absolute Gasteiger partial charge is 0.493 e. The van der Waals surface area contributed by atoms with Crippen LogP contribution in [0.4, 0.5) is 0 Å². The Balaban J connectivity index is 1.56. The van der Waals surface area contributed by atoms with Gasteiger partial charge < -0.3 is 9.47 Å². The molecule has 2 aromatic carbocycles. The van der Waals surface area contributed by atoms with Gasteiger partial charge in [-0.2, -0.15) is 0 Å². The van der Waals surface area contributed by atoms with E-state index in [4.69, 9.17) is 9.47 Å². The molecule has 0 spiro atoms. The van der Waals surface area contributed by atoms with Crippen LogP contribution in [0.25, 0.3) is 16.7 Å². The van der Waals surface area contributed by atoms with Crippen LogP contribution in [0.1, 0.15) is 34.0 Å². The molecule has 1 aliphatic carbocycles. The number of Topliss-reactive ketones (excluding diaryl/α,β-unsaturated/α-hetero) is 1. The molecule has 1 atom stereocenters. The van der Waals surface area contributed by atoms with Crippen molar-refractivity contribution in [3.63, 3.8) is 0 Å². The Labute approximate surface area is 178 Å². The molecule has 156 valence electrons. The van der Waals surface area contributed by atoms with Crippen molar-refractivity contribution in [2.45, 2.75) is 18.8 Å². The van der Waals surface area contributed by atoms with Gasteiger partial charge in [-0.15, -0.1) is 0 Å². The third kappa shape index (κ3) is 3.18. The molecule has 2 heterocycles. The smallest absolute Gasteiger partial charge is 0.280 e. The first-order chi connectivity index (χ1) is 15.1. The van der Waals surface area contributed by atoms with E-state index in [2.05, 4.69) is 10.1 Å². The third-order valence-electron chi connectivity index (χ3n) is 5.82. The van der Waals surface area contributed by atoms with Crippen molar-refractivity contribution in [1.29, 1.82) is 0 Å². The first-order valence-electron chi connectivity index (χ1n) is 10.0. The second-order valence-corrected chi connectivity index (χ2v) is 7.61. The highest BCUT2D eigenvalue weighted by Gasteiger charge is 2.29. The van der Waals surface area contributed by atoms with Crippen LogP contribution in [-0.4, -0.2) is 34.8 Å². The summed E-state index contributed by atoms with van der Waals surface area (Å²) >= 11 is 0. The lowest BCUT2D eigenvalue weighted by Crippen LogP contribution is -2.20. The van der Waals surface area contributed by atoms with Crippen LogP contribution in [-0.2, 0) is 6.42 Å². The molecule has 4 aromatic rings. The number of H-pyrrole nitrogens is 1. The number of hydrogen-bond acceptors (Lipinski definition) is 5. The van der Waals surface area contributed by atoms with E-state index < -0.39 is 0 Å². The van der Waals surface area contributed by atoms with Gasteiger partial charge in [0.2, 0.25) is 0 Å². The number of pyridine rings is 1. The molecule has 5 rings (SSSR count). The highest BCUT2D eigenvalue weighted by molar-refractivity contribution is 6.01. The average molecular weight is 415 g/mol. The van der Waals surface area contributed by atoms with Crippen LogP contribution in [0.5, 0.6) is 11.5 Å². The number of benzene rings is 2. The number of ketones is 1. The maximum absolute atomic E-state index is 13.0. The van der Waals surface area contributed by atoms with Crippen molar-refractivity contribution in [2.75, 3.05) is 14.2 Å². The molecule has 1 N–H and O–H groups in total. The fraction of sp³-hybridized carbons (Fsp3) is 0.208. The number of carbonyl (C=O) groups is 1. The van der Waals surface area contributed by atoms with Crippen molar-refractivity contribution in [1.82, 2.24) is 14.8 Å². The number of ether oxygens (including phenoxy) is 2. The molecule has 7 nitrogen and oxygen atoms in total. The van der Waals surface area contributed by atoms with E-state index in [1.54, 1.807) is 20.3 Å². The molecule has 0 radical (unpaired) electrons. The van der Waals surface area contributed by atoms with Gasteiger partial charge in [0.15, 0.2) is 22.9 Å². The second-order valence-electron chi connectivity index (χ2n) is 7.61. The lowest BCUT2D eigenvalue weighted by atomic mass is 9.81. The van der Waals surface area contributed by atoms with E-state index in [9.17, 15) is 9.59 Å². The van der Waals surface area contributed by atoms with Gasteiger partial charge in [0.25, 0.3) is 5.56 Å². The van der Waals surface area contributed by atoms with Crippen molar-refractivity contribution < 1.29 is 14.3 Å². The summed E-state index contributed by atoms with van der Waals surface area (Å²) in [4.78, 5) is 30.5. The minimum Gasteiger partial charge on any atom is -0.493 e. The number of nitrogens with zero attached hydrogens (tertiary/aromatic N) is 2. The normalized spacial score (nSPS) is 15.7. The lowest BCUT2D eigenvalue weighted by Gasteiger charge is -2.23. The van der Waals surface area contributed by atoms with Gasteiger partial charge in [0, 0.05) is 12.0 Å². The van der Waals surface area contributed by atoms with Crippen LogP contribution in [0, 0.1) is 0 Å². The van der Waals surface area contributed by atoms with Gasteiger partial charge in [-0.05, 0) is 48.2 Å². The Morgan fingerprint density at radius 3 is 2.48 bits per heavy atom. The number of methoxy groups -OCH3 is 2. The van der Waals surface area contributed by atoms with E-state index in [0.29, 0.717) is 46.6 Å². The summed E-state index contributed by atoms with van der Waals surface area (Å²) < 4.78 is 12.2.